The van der Waals surface area contributed by atoms with Gasteiger partial charge in [0.2, 0.25) is 15.9 Å². The van der Waals surface area contributed by atoms with E-state index in [0.29, 0.717) is 52.1 Å². The zero-order valence-electron chi connectivity index (χ0n) is 14.4. The molecule has 2 unspecified atom stereocenters. The smallest absolute Gasteiger partial charge is 0.248 e. The highest BCUT2D eigenvalue weighted by molar-refractivity contribution is 7.92. The van der Waals surface area contributed by atoms with Crippen molar-refractivity contribution in [3.8, 4) is 0 Å². The lowest BCUT2D eigenvalue weighted by molar-refractivity contribution is -0.116. The van der Waals surface area contributed by atoms with E-state index in [1.54, 1.807) is 13.0 Å². The first-order valence-corrected chi connectivity index (χ1v) is 11.1. The first kappa shape index (κ1) is 18.8. The van der Waals surface area contributed by atoms with Gasteiger partial charge in [-0.3, -0.25) is 4.79 Å². The number of amides is 1. The normalized spacial score (nSPS) is 25.7. The largest absolute Gasteiger partial charge is 0.315 e. The number of anilines is 1. The maximum atomic E-state index is 13.5. The summed E-state index contributed by atoms with van der Waals surface area (Å²) in [6.07, 6.45) is 1.38. The molecule has 0 bridgehead atoms. The minimum absolute atomic E-state index is 0.133. The summed E-state index contributed by atoms with van der Waals surface area (Å²) in [6, 6.07) is 4.27. The van der Waals surface area contributed by atoms with E-state index in [-0.39, 0.29) is 5.92 Å². The fraction of sp³-hybridized carbons (Fsp3) is 0.412. The number of sulfonamides is 1. The van der Waals surface area contributed by atoms with Gasteiger partial charge < -0.3 is 5.32 Å². The van der Waals surface area contributed by atoms with Crippen LogP contribution in [0.3, 0.4) is 0 Å². The molecule has 1 aromatic heterocycles. The lowest BCUT2D eigenvalue weighted by atomic mass is 10.1. The third-order valence-corrected chi connectivity index (χ3v) is 8.56. The summed E-state index contributed by atoms with van der Waals surface area (Å²) >= 11 is 7.13. The molecule has 1 aromatic carbocycles. The molecule has 2 aliphatic rings. The van der Waals surface area contributed by atoms with Gasteiger partial charge in [-0.2, -0.15) is 0 Å². The van der Waals surface area contributed by atoms with Gasteiger partial charge in [0.25, 0.3) is 0 Å². The Kier molecular flexibility index (Phi) is 4.53. The van der Waals surface area contributed by atoms with Crippen LogP contribution in [-0.4, -0.2) is 30.6 Å². The molecule has 2 N–H and O–H groups in total. The highest BCUT2D eigenvalue weighted by Gasteiger charge is 2.70. The van der Waals surface area contributed by atoms with Crippen molar-refractivity contribution in [1.29, 1.82) is 0 Å². The Labute approximate surface area is 165 Å². The van der Waals surface area contributed by atoms with Crippen LogP contribution in [-0.2, 0) is 21.2 Å². The van der Waals surface area contributed by atoms with Crippen molar-refractivity contribution in [2.45, 2.75) is 30.9 Å². The molecule has 0 spiro atoms. The van der Waals surface area contributed by atoms with E-state index in [1.807, 2.05) is 0 Å². The monoisotopic (exact) mass is 429 g/mol. The Morgan fingerprint density at radius 1 is 1.48 bits per heavy atom. The molecule has 2 heterocycles. The molecular weight excluding hydrogens is 413 g/mol. The Hall–Kier alpha value is -1.55. The highest BCUT2D eigenvalue weighted by atomic mass is 35.5. The van der Waals surface area contributed by atoms with Crippen molar-refractivity contribution < 1.29 is 17.6 Å². The standard InChI is InChI=1S/C17H17ClFN3O3S2/c1-9-15(22-16(23)17-8-11(17)2-3-20-27(17,24)25)26-14(21-9)6-10-4-12(18)7-13(19)5-10/h4-5,7,11,20H,2-3,6,8H2,1H3,(H,22,23). The zero-order chi connectivity index (χ0) is 19.4. The first-order chi connectivity index (χ1) is 12.7. The highest BCUT2D eigenvalue weighted by Crippen LogP contribution is 2.54. The van der Waals surface area contributed by atoms with Crippen LogP contribution in [0.15, 0.2) is 18.2 Å². The molecule has 10 heteroatoms. The summed E-state index contributed by atoms with van der Waals surface area (Å²) in [7, 11) is -3.67. The second-order valence-corrected chi connectivity index (χ2v) is 10.5. The van der Waals surface area contributed by atoms with E-state index in [9.17, 15) is 17.6 Å². The van der Waals surface area contributed by atoms with E-state index in [1.165, 1.54) is 23.5 Å². The van der Waals surface area contributed by atoms with E-state index >= 15 is 0 Å². The number of halogens is 2. The van der Waals surface area contributed by atoms with Gasteiger partial charge in [-0.25, -0.2) is 22.5 Å². The summed E-state index contributed by atoms with van der Waals surface area (Å²) in [6.45, 7) is 2.12. The second kappa shape index (κ2) is 6.51. The van der Waals surface area contributed by atoms with Gasteiger partial charge in [-0.1, -0.05) is 11.6 Å². The molecule has 1 amide bonds. The number of benzene rings is 1. The number of hydrogen-bond donors (Lipinski definition) is 2. The van der Waals surface area contributed by atoms with Crippen LogP contribution in [0.2, 0.25) is 5.02 Å². The van der Waals surface area contributed by atoms with Crippen molar-refractivity contribution in [1.82, 2.24) is 9.71 Å². The molecule has 1 saturated heterocycles. The molecule has 2 aromatic rings. The number of thiazole rings is 1. The molecule has 6 nitrogen and oxygen atoms in total. The van der Waals surface area contributed by atoms with Crippen LogP contribution >= 0.6 is 22.9 Å². The molecule has 144 valence electrons. The number of fused-ring (bicyclic) bond motifs is 1. The Morgan fingerprint density at radius 3 is 2.96 bits per heavy atom. The van der Waals surface area contributed by atoms with Gasteiger partial charge >= 0.3 is 0 Å². The van der Waals surface area contributed by atoms with Crippen molar-refractivity contribution in [2.24, 2.45) is 5.92 Å². The number of hydrogen-bond acceptors (Lipinski definition) is 5. The molecule has 0 radical (unpaired) electrons. The first-order valence-electron chi connectivity index (χ1n) is 8.43. The molecule has 2 fully saturated rings. The van der Waals surface area contributed by atoms with Crippen molar-refractivity contribution in [2.75, 3.05) is 11.9 Å². The van der Waals surface area contributed by atoms with Crippen LogP contribution in [0.1, 0.15) is 29.1 Å². The maximum absolute atomic E-state index is 13.5. The lowest BCUT2D eigenvalue weighted by Crippen LogP contribution is -2.49. The molecular formula is C17H17ClFN3O3S2. The Morgan fingerprint density at radius 2 is 2.26 bits per heavy atom. The van der Waals surface area contributed by atoms with E-state index in [4.69, 9.17) is 11.6 Å². The summed E-state index contributed by atoms with van der Waals surface area (Å²) in [5, 5.41) is 4.24. The average Bonchev–Trinajstić information content (AvgIpc) is 3.22. The van der Waals surface area contributed by atoms with Gasteiger partial charge in [-0.05, 0) is 49.4 Å². The fourth-order valence-corrected chi connectivity index (χ4v) is 6.76. The van der Waals surface area contributed by atoms with Crippen molar-refractivity contribution in [3.63, 3.8) is 0 Å². The zero-order valence-corrected chi connectivity index (χ0v) is 16.8. The van der Waals surface area contributed by atoms with Crippen LogP contribution in [0.5, 0.6) is 0 Å². The van der Waals surface area contributed by atoms with E-state index < -0.39 is 26.5 Å². The minimum atomic E-state index is -3.67. The second-order valence-electron chi connectivity index (χ2n) is 6.91. The number of carbonyl (C=O) groups excluding carboxylic acids is 1. The average molecular weight is 430 g/mol. The third-order valence-electron chi connectivity index (χ3n) is 5.04. The van der Waals surface area contributed by atoms with Crippen LogP contribution < -0.4 is 10.0 Å². The number of nitrogens with zero attached hydrogens (tertiary/aromatic N) is 1. The number of rotatable bonds is 4. The van der Waals surface area contributed by atoms with Gasteiger partial charge in [0.15, 0.2) is 4.75 Å². The lowest BCUT2D eigenvalue weighted by Gasteiger charge is -2.22. The molecule has 4 rings (SSSR count). The van der Waals surface area contributed by atoms with Gasteiger partial charge in [0.1, 0.15) is 10.8 Å². The van der Waals surface area contributed by atoms with Crippen LogP contribution in [0.25, 0.3) is 0 Å². The van der Waals surface area contributed by atoms with Crippen LogP contribution in [0, 0.1) is 18.7 Å². The summed E-state index contributed by atoms with van der Waals surface area (Å²) < 4.78 is 39.3. The quantitative estimate of drug-likeness (QED) is 0.782. The number of aryl methyl sites for hydroxylation is 1. The van der Waals surface area contributed by atoms with Crippen molar-refractivity contribution >= 4 is 43.9 Å². The van der Waals surface area contributed by atoms with E-state index in [2.05, 4.69) is 15.0 Å². The number of nitrogens with one attached hydrogen (secondary N) is 2. The summed E-state index contributed by atoms with van der Waals surface area (Å²) in [5.41, 5.74) is 1.27. The number of aromatic nitrogens is 1. The maximum Gasteiger partial charge on any atom is 0.248 e. The molecule has 27 heavy (non-hydrogen) atoms. The van der Waals surface area contributed by atoms with E-state index in [0.717, 1.165) is 0 Å². The molecule has 2 atom stereocenters. The Bertz CT molecular complexity index is 1020. The van der Waals surface area contributed by atoms with Gasteiger partial charge in [-0.15, -0.1) is 11.3 Å². The summed E-state index contributed by atoms with van der Waals surface area (Å²) in [5.74, 6) is -1.06. The molecule has 1 saturated carbocycles. The molecule has 1 aliphatic heterocycles. The Balaban J connectivity index is 1.53. The predicted octanol–water partition coefficient (Wildman–Crippen LogP) is 2.86. The topological polar surface area (TPSA) is 88.2 Å². The number of carbonyl (C=O) groups is 1. The minimum Gasteiger partial charge on any atom is -0.315 e. The van der Waals surface area contributed by atoms with Crippen molar-refractivity contribution in [3.05, 3.63) is 45.3 Å². The third kappa shape index (κ3) is 3.26. The SMILES string of the molecule is Cc1nc(Cc2cc(F)cc(Cl)c2)sc1NC(=O)C12CC1CCNS2(=O)=O. The fourth-order valence-electron chi connectivity index (χ4n) is 3.61. The van der Waals surface area contributed by atoms with Gasteiger partial charge in [0, 0.05) is 18.0 Å². The summed E-state index contributed by atoms with van der Waals surface area (Å²) in [4.78, 5) is 17.1. The van der Waals surface area contributed by atoms with Crippen LogP contribution in [0.4, 0.5) is 9.39 Å². The van der Waals surface area contributed by atoms with Gasteiger partial charge in [0.05, 0.1) is 10.7 Å². The molecule has 1 aliphatic carbocycles. The predicted molar refractivity (Wildman–Crippen MR) is 102 cm³/mol.